The first-order chi connectivity index (χ1) is 8.24. The molecule has 3 heteroatoms. The van der Waals surface area contributed by atoms with Crippen LogP contribution in [0.5, 0.6) is 5.75 Å². The topological polar surface area (TPSA) is 38.0 Å². The highest BCUT2D eigenvalue weighted by molar-refractivity contribution is 5.61. The summed E-state index contributed by atoms with van der Waals surface area (Å²) >= 11 is 0. The van der Waals surface area contributed by atoms with E-state index in [0.717, 1.165) is 29.8 Å². The number of phenolic OH excluding ortho intramolecular Hbond substituents is 1. The zero-order chi connectivity index (χ0) is 11.8. The fourth-order valence-corrected chi connectivity index (χ4v) is 2.37. The molecule has 0 atom stereocenters. The summed E-state index contributed by atoms with van der Waals surface area (Å²) < 4.78 is 2.25. The summed E-state index contributed by atoms with van der Waals surface area (Å²) in [6.07, 6.45) is 5.69. The maximum absolute atomic E-state index is 9.53. The first kappa shape index (κ1) is 10.4. The van der Waals surface area contributed by atoms with Gasteiger partial charge in [-0.05, 0) is 43.5 Å². The molecule has 0 unspecified atom stereocenters. The lowest BCUT2D eigenvalue weighted by atomic mass is 10.1. The van der Waals surface area contributed by atoms with E-state index < -0.39 is 0 Å². The van der Waals surface area contributed by atoms with Gasteiger partial charge in [0.15, 0.2) is 0 Å². The van der Waals surface area contributed by atoms with E-state index in [1.54, 1.807) is 6.07 Å². The van der Waals surface area contributed by atoms with Crippen LogP contribution in [0.3, 0.4) is 0 Å². The van der Waals surface area contributed by atoms with Crippen molar-refractivity contribution < 1.29 is 5.11 Å². The summed E-state index contributed by atoms with van der Waals surface area (Å²) in [6.45, 7) is 2.99. The predicted molar refractivity (Wildman–Crippen MR) is 67.0 cm³/mol. The Balaban J connectivity index is 2.03. The zero-order valence-electron chi connectivity index (χ0n) is 9.98. The number of hydrogen-bond donors (Lipinski definition) is 1. The molecule has 0 saturated carbocycles. The van der Waals surface area contributed by atoms with Crippen LogP contribution >= 0.6 is 0 Å². The van der Waals surface area contributed by atoms with Gasteiger partial charge in [0.2, 0.25) is 0 Å². The van der Waals surface area contributed by atoms with Crippen LogP contribution in [0.1, 0.15) is 24.2 Å². The lowest BCUT2D eigenvalue weighted by Crippen LogP contribution is -2.08. The summed E-state index contributed by atoms with van der Waals surface area (Å²) in [6, 6.07) is 5.66. The summed E-state index contributed by atoms with van der Waals surface area (Å²) in [5, 5.41) is 9.53. The first-order valence-corrected chi connectivity index (χ1v) is 6.10. The number of aromatic hydroxyl groups is 1. The molecule has 1 N–H and O–H groups in total. The van der Waals surface area contributed by atoms with Gasteiger partial charge < -0.3 is 9.67 Å². The Morgan fingerprint density at radius 3 is 2.94 bits per heavy atom. The van der Waals surface area contributed by atoms with Gasteiger partial charge in [0, 0.05) is 24.7 Å². The van der Waals surface area contributed by atoms with Crippen molar-refractivity contribution in [2.24, 2.45) is 0 Å². The molecule has 0 fully saturated rings. The minimum Gasteiger partial charge on any atom is -0.508 e. The molecule has 1 aromatic carbocycles. The predicted octanol–water partition coefficient (Wildman–Crippen LogP) is 2.90. The SMILES string of the molecule is Cc1cc(-c2cn3c(n2)CCCC3)ccc1O. The van der Waals surface area contributed by atoms with E-state index in [-0.39, 0.29) is 0 Å². The van der Waals surface area contributed by atoms with Gasteiger partial charge in [-0.25, -0.2) is 4.98 Å². The quantitative estimate of drug-likeness (QED) is 0.815. The van der Waals surface area contributed by atoms with E-state index in [0.29, 0.717) is 5.75 Å². The third-order valence-corrected chi connectivity index (χ3v) is 3.40. The lowest BCUT2D eigenvalue weighted by molar-refractivity contribution is 0.471. The smallest absolute Gasteiger partial charge is 0.118 e. The molecule has 88 valence electrons. The molecule has 1 aliphatic rings. The van der Waals surface area contributed by atoms with Gasteiger partial charge >= 0.3 is 0 Å². The van der Waals surface area contributed by atoms with Crippen molar-refractivity contribution in [2.45, 2.75) is 32.7 Å². The third kappa shape index (κ3) is 1.82. The van der Waals surface area contributed by atoms with Crippen molar-refractivity contribution in [3.05, 3.63) is 35.8 Å². The number of aryl methyl sites for hydroxylation is 3. The summed E-state index contributed by atoms with van der Waals surface area (Å²) in [7, 11) is 0. The van der Waals surface area contributed by atoms with Crippen LogP contribution in [-0.4, -0.2) is 14.7 Å². The standard InChI is InChI=1S/C14H16N2O/c1-10-8-11(5-6-13(10)17)12-9-16-7-3-2-4-14(16)15-12/h5-6,8-9,17H,2-4,7H2,1H3. The van der Waals surface area contributed by atoms with Gasteiger partial charge in [0.1, 0.15) is 11.6 Å². The number of hydrogen-bond acceptors (Lipinski definition) is 2. The van der Waals surface area contributed by atoms with E-state index in [1.165, 1.54) is 18.7 Å². The van der Waals surface area contributed by atoms with Crippen molar-refractivity contribution in [3.8, 4) is 17.0 Å². The lowest BCUT2D eigenvalue weighted by Gasteiger charge is -2.11. The number of fused-ring (bicyclic) bond motifs is 1. The van der Waals surface area contributed by atoms with Gasteiger partial charge in [-0.1, -0.05) is 0 Å². The Morgan fingerprint density at radius 1 is 1.29 bits per heavy atom. The Kier molecular flexibility index (Phi) is 2.39. The molecule has 0 saturated heterocycles. The summed E-state index contributed by atoms with van der Waals surface area (Å²) in [5.41, 5.74) is 3.00. The van der Waals surface area contributed by atoms with Gasteiger partial charge in [-0.3, -0.25) is 0 Å². The van der Waals surface area contributed by atoms with E-state index >= 15 is 0 Å². The molecule has 0 bridgehead atoms. The fraction of sp³-hybridized carbons (Fsp3) is 0.357. The second-order valence-corrected chi connectivity index (χ2v) is 4.69. The zero-order valence-corrected chi connectivity index (χ0v) is 9.98. The molecule has 0 radical (unpaired) electrons. The Labute approximate surface area is 101 Å². The van der Waals surface area contributed by atoms with Crippen LogP contribution in [0, 0.1) is 6.92 Å². The van der Waals surface area contributed by atoms with Crippen molar-refractivity contribution in [1.82, 2.24) is 9.55 Å². The molecule has 2 heterocycles. The molecule has 3 nitrogen and oxygen atoms in total. The largest absolute Gasteiger partial charge is 0.508 e. The monoisotopic (exact) mass is 228 g/mol. The highest BCUT2D eigenvalue weighted by Gasteiger charge is 2.13. The molecular weight excluding hydrogens is 212 g/mol. The summed E-state index contributed by atoms with van der Waals surface area (Å²) in [4.78, 5) is 4.67. The third-order valence-electron chi connectivity index (χ3n) is 3.40. The van der Waals surface area contributed by atoms with E-state index in [9.17, 15) is 5.11 Å². The molecule has 1 aromatic heterocycles. The fourth-order valence-electron chi connectivity index (χ4n) is 2.37. The minimum absolute atomic E-state index is 0.345. The van der Waals surface area contributed by atoms with Crippen molar-refractivity contribution in [1.29, 1.82) is 0 Å². The van der Waals surface area contributed by atoms with Gasteiger partial charge in [0.25, 0.3) is 0 Å². The number of benzene rings is 1. The molecule has 0 amide bonds. The molecule has 0 aliphatic carbocycles. The van der Waals surface area contributed by atoms with Crippen molar-refractivity contribution in [3.63, 3.8) is 0 Å². The normalized spacial score (nSPS) is 14.6. The molecule has 3 rings (SSSR count). The average molecular weight is 228 g/mol. The van der Waals surface area contributed by atoms with Crippen LogP contribution in [0.25, 0.3) is 11.3 Å². The van der Waals surface area contributed by atoms with Crippen LogP contribution < -0.4 is 0 Å². The highest BCUT2D eigenvalue weighted by Crippen LogP contribution is 2.26. The average Bonchev–Trinajstić information content (AvgIpc) is 2.76. The van der Waals surface area contributed by atoms with Crippen LogP contribution in [0.2, 0.25) is 0 Å². The molecule has 2 aromatic rings. The molecular formula is C14H16N2O. The first-order valence-electron chi connectivity index (χ1n) is 6.10. The molecule has 1 aliphatic heterocycles. The Bertz CT molecular complexity index is 534. The van der Waals surface area contributed by atoms with Crippen LogP contribution in [-0.2, 0) is 13.0 Å². The molecule has 0 spiro atoms. The number of aromatic nitrogens is 2. The van der Waals surface area contributed by atoms with Crippen molar-refractivity contribution >= 4 is 0 Å². The number of phenols is 1. The maximum Gasteiger partial charge on any atom is 0.118 e. The van der Waals surface area contributed by atoms with Gasteiger partial charge in [-0.15, -0.1) is 0 Å². The van der Waals surface area contributed by atoms with E-state index in [4.69, 9.17) is 0 Å². The van der Waals surface area contributed by atoms with E-state index in [2.05, 4.69) is 15.7 Å². The van der Waals surface area contributed by atoms with Gasteiger partial charge in [0.05, 0.1) is 5.69 Å². The maximum atomic E-state index is 9.53. The highest BCUT2D eigenvalue weighted by atomic mass is 16.3. The Hall–Kier alpha value is -1.77. The van der Waals surface area contributed by atoms with Crippen molar-refractivity contribution in [2.75, 3.05) is 0 Å². The second-order valence-electron chi connectivity index (χ2n) is 4.69. The Morgan fingerprint density at radius 2 is 2.18 bits per heavy atom. The van der Waals surface area contributed by atoms with Gasteiger partial charge in [-0.2, -0.15) is 0 Å². The van der Waals surface area contributed by atoms with Crippen LogP contribution in [0.4, 0.5) is 0 Å². The number of imidazole rings is 1. The summed E-state index contributed by atoms with van der Waals surface area (Å²) in [5.74, 6) is 1.54. The van der Waals surface area contributed by atoms with E-state index in [1.807, 2.05) is 19.1 Å². The molecule has 17 heavy (non-hydrogen) atoms. The second kappa shape index (κ2) is 3.91. The number of nitrogens with zero attached hydrogens (tertiary/aromatic N) is 2. The van der Waals surface area contributed by atoms with Crippen LogP contribution in [0.15, 0.2) is 24.4 Å². The number of rotatable bonds is 1. The minimum atomic E-state index is 0.345.